The summed E-state index contributed by atoms with van der Waals surface area (Å²) in [6, 6.07) is 0. The molecule has 0 aromatic heterocycles. The number of Topliss-reactive ketones (excluding diaryl/α,β-unsaturated/α-hetero) is 1. The van der Waals surface area contributed by atoms with Gasteiger partial charge >= 0.3 is 0 Å². The Hall–Kier alpha value is -1.64. The summed E-state index contributed by atoms with van der Waals surface area (Å²) in [6.45, 7) is 2.19. The third kappa shape index (κ3) is 16.3. The first-order valence-electron chi connectivity index (χ1n) is 7.95. The normalized spacial score (nSPS) is 11.9. The number of unbranched alkanes of at least 4 members (excludes halogenated alkanes) is 4. The maximum Gasteiger partial charge on any atom is 0.217 e. The van der Waals surface area contributed by atoms with E-state index in [1.54, 1.807) is 0 Å². The van der Waals surface area contributed by atoms with E-state index in [1.165, 1.54) is 12.8 Å². The minimum absolute atomic E-state index is 0.134. The van der Waals surface area contributed by atoms with Crippen molar-refractivity contribution in [1.29, 1.82) is 0 Å². The number of amides is 1. The Labute approximate surface area is 129 Å². The average Bonchev–Trinajstić information content (AvgIpc) is 2.46. The summed E-state index contributed by atoms with van der Waals surface area (Å²) in [5.41, 5.74) is 5.00. The Balaban J connectivity index is 3.47. The van der Waals surface area contributed by atoms with E-state index >= 15 is 0 Å². The van der Waals surface area contributed by atoms with Gasteiger partial charge in [0.25, 0.3) is 0 Å². The molecule has 0 radical (unpaired) electrons. The van der Waals surface area contributed by atoms with Crippen LogP contribution in [0.25, 0.3) is 0 Å². The highest BCUT2D eigenvalue weighted by molar-refractivity contribution is 5.84. The number of hydrogen-bond donors (Lipinski definition) is 1. The summed E-state index contributed by atoms with van der Waals surface area (Å²) in [5.74, 6) is -0.267. The molecule has 0 rings (SSSR count). The van der Waals surface area contributed by atoms with Crippen LogP contribution in [0.5, 0.6) is 0 Å². The molecule has 0 aliphatic carbocycles. The maximum absolute atomic E-state index is 11.4. The molecule has 21 heavy (non-hydrogen) atoms. The third-order valence-corrected chi connectivity index (χ3v) is 3.06. The van der Waals surface area contributed by atoms with E-state index in [4.69, 9.17) is 5.73 Å². The number of nitrogens with two attached hydrogens (primary N) is 1. The quantitative estimate of drug-likeness (QED) is 0.407. The predicted molar refractivity (Wildman–Crippen MR) is 88.8 cm³/mol. The molecule has 2 N–H and O–H groups in total. The summed E-state index contributed by atoms with van der Waals surface area (Å²) in [7, 11) is 0. The van der Waals surface area contributed by atoms with Crippen molar-refractivity contribution in [1.82, 2.24) is 0 Å². The van der Waals surface area contributed by atoms with Crippen LogP contribution in [-0.2, 0) is 9.59 Å². The van der Waals surface area contributed by atoms with Gasteiger partial charge < -0.3 is 5.73 Å². The van der Waals surface area contributed by atoms with Crippen molar-refractivity contribution in [2.75, 3.05) is 0 Å². The molecule has 0 fully saturated rings. The largest absolute Gasteiger partial charge is 0.370 e. The zero-order chi connectivity index (χ0) is 15.8. The van der Waals surface area contributed by atoms with Crippen LogP contribution in [0, 0.1) is 0 Å². The van der Waals surface area contributed by atoms with Gasteiger partial charge in [-0.2, -0.15) is 0 Å². The molecule has 0 bridgehead atoms. The van der Waals surface area contributed by atoms with Gasteiger partial charge in [0.1, 0.15) is 5.78 Å². The molecule has 0 unspecified atom stereocenters. The van der Waals surface area contributed by atoms with Crippen LogP contribution < -0.4 is 5.73 Å². The average molecular weight is 291 g/mol. The van der Waals surface area contributed by atoms with E-state index in [0.717, 1.165) is 25.7 Å². The lowest BCUT2D eigenvalue weighted by molar-refractivity contribution is -0.123. The predicted octanol–water partition coefficient (Wildman–Crippen LogP) is 4.24. The Bertz CT molecular complexity index is 367. The zero-order valence-corrected chi connectivity index (χ0v) is 13.2. The van der Waals surface area contributed by atoms with E-state index in [-0.39, 0.29) is 18.6 Å². The van der Waals surface area contributed by atoms with Crippen LogP contribution in [0.15, 0.2) is 36.5 Å². The molecule has 0 heterocycles. The van der Waals surface area contributed by atoms with E-state index < -0.39 is 5.91 Å². The van der Waals surface area contributed by atoms with Gasteiger partial charge in [-0.15, -0.1) is 0 Å². The minimum Gasteiger partial charge on any atom is -0.370 e. The second-order valence-electron chi connectivity index (χ2n) is 5.13. The van der Waals surface area contributed by atoms with Crippen LogP contribution in [0.2, 0.25) is 0 Å². The Morgan fingerprint density at radius 2 is 1.43 bits per heavy atom. The first-order valence-corrected chi connectivity index (χ1v) is 7.95. The lowest BCUT2D eigenvalue weighted by Crippen LogP contribution is -2.12. The van der Waals surface area contributed by atoms with Crippen molar-refractivity contribution >= 4 is 11.7 Å². The number of primary amides is 1. The minimum atomic E-state index is -0.401. The van der Waals surface area contributed by atoms with Crippen molar-refractivity contribution in [2.24, 2.45) is 5.73 Å². The van der Waals surface area contributed by atoms with Crippen LogP contribution in [0.4, 0.5) is 0 Å². The molecular formula is C18H29NO2. The van der Waals surface area contributed by atoms with E-state index in [2.05, 4.69) is 25.2 Å². The van der Waals surface area contributed by atoms with Gasteiger partial charge in [0, 0.05) is 19.3 Å². The summed E-state index contributed by atoms with van der Waals surface area (Å²) in [4.78, 5) is 21.9. The van der Waals surface area contributed by atoms with Gasteiger partial charge in [-0.25, -0.2) is 0 Å². The molecule has 0 saturated carbocycles. The number of allylic oxidation sites excluding steroid dienone is 6. The SMILES string of the molecule is CCCCC=CC=CC=CCCCCC(=O)CCC(N)=O. The molecule has 0 atom stereocenters. The summed E-state index contributed by atoms with van der Waals surface area (Å²) in [5, 5.41) is 0. The van der Waals surface area contributed by atoms with Gasteiger partial charge in [0.2, 0.25) is 5.91 Å². The summed E-state index contributed by atoms with van der Waals surface area (Å²) >= 11 is 0. The molecule has 0 aromatic carbocycles. The Kier molecular flexibility index (Phi) is 13.6. The molecule has 0 saturated heterocycles. The molecule has 0 aliphatic rings. The van der Waals surface area contributed by atoms with E-state index in [1.807, 2.05) is 18.2 Å². The molecule has 0 spiro atoms. The second-order valence-corrected chi connectivity index (χ2v) is 5.13. The van der Waals surface area contributed by atoms with E-state index in [9.17, 15) is 9.59 Å². The molecule has 3 nitrogen and oxygen atoms in total. The van der Waals surface area contributed by atoms with Crippen LogP contribution in [-0.4, -0.2) is 11.7 Å². The molecule has 1 amide bonds. The van der Waals surface area contributed by atoms with Gasteiger partial charge in [-0.05, 0) is 25.7 Å². The van der Waals surface area contributed by atoms with Crippen LogP contribution in [0.3, 0.4) is 0 Å². The fourth-order valence-corrected chi connectivity index (χ4v) is 1.77. The molecule has 118 valence electrons. The third-order valence-electron chi connectivity index (χ3n) is 3.06. The topological polar surface area (TPSA) is 60.2 Å². The molecule has 0 aliphatic heterocycles. The Morgan fingerprint density at radius 1 is 0.810 bits per heavy atom. The molecule has 0 aromatic rings. The van der Waals surface area contributed by atoms with Crippen LogP contribution >= 0.6 is 0 Å². The van der Waals surface area contributed by atoms with E-state index in [0.29, 0.717) is 6.42 Å². The fraction of sp³-hybridized carbons (Fsp3) is 0.556. The van der Waals surface area contributed by atoms with Gasteiger partial charge in [0.15, 0.2) is 0 Å². The Morgan fingerprint density at radius 3 is 2.00 bits per heavy atom. The monoisotopic (exact) mass is 291 g/mol. The van der Waals surface area contributed by atoms with Crippen molar-refractivity contribution < 1.29 is 9.59 Å². The number of rotatable bonds is 13. The number of carbonyl (C=O) groups is 2. The standard InChI is InChI=1S/C18H29NO2/c1-2-3-4-5-6-7-8-9-10-11-12-13-14-17(20)15-16-18(19)21/h5-10H,2-4,11-16H2,1H3,(H2,19,21). The summed E-state index contributed by atoms with van der Waals surface area (Å²) < 4.78 is 0. The highest BCUT2D eigenvalue weighted by Gasteiger charge is 2.03. The van der Waals surface area contributed by atoms with Gasteiger partial charge in [-0.3, -0.25) is 9.59 Å². The van der Waals surface area contributed by atoms with Crippen molar-refractivity contribution in [2.45, 2.75) is 64.7 Å². The second kappa shape index (κ2) is 14.8. The maximum atomic E-state index is 11.4. The van der Waals surface area contributed by atoms with Gasteiger partial charge in [0.05, 0.1) is 0 Å². The van der Waals surface area contributed by atoms with Crippen molar-refractivity contribution in [3.8, 4) is 0 Å². The first-order chi connectivity index (χ1) is 10.2. The smallest absolute Gasteiger partial charge is 0.217 e. The number of ketones is 1. The lowest BCUT2D eigenvalue weighted by Gasteiger charge is -1.98. The lowest BCUT2D eigenvalue weighted by atomic mass is 10.1. The number of hydrogen-bond acceptors (Lipinski definition) is 2. The zero-order valence-electron chi connectivity index (χ0n) is 13.2. The molecule has 3 heteroatoms. The van der Waals surface area contributed by atoms with Crippen molar-refractivity contribution in [3.63, 3.8) is 0 Å². The van der Waals surface area contributed by atoms with Crippen molar-refractivity contribution in [3.05, 3.63) is 36.5 Å². The first kappa shape index (κ1) is 19.4. The van der Waals surface area contributed by atoms with Gasteiger partial charge in [-0.1, -0.05) is 56.2 Å². The highest BCUT2D eigenvalue weighted by Crippen LogP contribution is 2.04. The van der Waals surface area contributed by atoms with Crippen LogP contribution in [0.1, 0.15) is 64.7 Å². The molecular weight excluding hydrogens is 262 g/mol. The highest BCUT2D eigenvalue weighted by atomic mass is 16.1. The number of carbonyl (C=O) groups excluding carboxylic acids is 2. The summed E-state index contributed by atoms with van der Waals surface area (Å²) in [6.07, 6.45) is 20.0. The fourth-order valence-electron chi connectivity index (χ4n) is 1.77.